The fourth-order valence-electron chi connectivity index (χ4n) is 1.67. The Morgan fingerprint density at radius 3 is 2.88 bits per heavy atom. The van der Waals surface area contributed by atoms with Gasteiger partial charge >= 0.3 is 0 Å². The summed E-state index contributed by atoms with van der Waals surface area (Å²) < 4.78 is 1.96. The summed E-state index contributed by atoms with van der Waals surface area (Å²) in [6.45, 7) is 3.95. The number of aromatic nitrogens is 2. The molecule has 17 heavy (non-hydrogen) atoms. The van der Waals surface area contributed by atoms with Crippen LogP contribution in [0, 0.1) is 0 Å². The fraction of sp³-hybridized carbons (Fsp3) is 0.636. The number of aryl methyl sites for hydroxylation is 1. The van der Waals surface area contributed by atoms with Crippen molar-refractivity contribution in [3.63, 3.8) is 0 Å². The van der Waals surface area contributed by atoms with Gasteiger partial charge in [-0.3, -0.25) is 9.69 Å². The number of carbonyl (C=O) groups is 1. The molecule has 0 aliphatic rings. The lowest BCUT2D eigenvalue weighted by atomic mass is 10.2. The Balaban J connectivity index is 2.50. The highest BCUT2D eigenvalue weighted by Gasteiger charge is 2.16. The number of nitrogens with zero attached hydrogens (tertiary/aromatic N) is 3. The average Bonchev–Trinajstić information content (AvgIpc) is 2.63. The molecular formula is C11H21N5O. The maximum Gasteiger partial charge on any atom is 0.235 e. The molecule has 1 atom stereocenters. The number of amides is 1. The molecule has 1 heterocycles. The number of hydrogen-bond acceptors (Lipinski definition) is 4. The molecule has 0 spiro atoms. The molecule has 0 aromatic carbocycles. The highest BCUT2D eigenvalue weighted by Crippen LogP contribution is 2.00. The van der Waals surface area contributed by atoms with Crippen molar-refractivity contribution in [2.75, 3.05) is 20.1 Å². The van der Waals surface area contributed by atoms with Gasteiger partial charge in [-0.2, -0.15) is 0 Å². The van der Waals surface area contributed by atoms with Crippen LogP contribution in [0.25, 0.3) is 0 Å². The average molecular weight is 239 g/mol. The van der Waals surface area contributed by atoms with Gasteiger partial charge in [-0.1, -0.05) is 6.92 Å². The summed E-state index contributed by atoms with van der Waals surface area (Å²) in [5, 5.41) is 3.06. The van der Waals surface area contributed by atoms with Crippen LogP contribution in [0.2, 0.25) is 0 Å². The number of likely N-dealkylation sites (N-methyl/N-ethyl adjacent to an activating group) is 2. The van der Waals surface area contributed by atoms with E-state index in [1.807, 2.05) is 36.7 Å². The van der Waals surface area contributed by atoms with Gasteiger partial charge in [0.25, 0.3) is 0 Å². The summed E-state index contributed by atoms with van der Waals surface area (Å²) >= 11 is 0. The van der Waals surface area contributed by atoms with Gasteiger partial charge in [0, 0.05) is 26.0 Å². The number of nitrogens with two attached hydrogens (primary N) is 1. The molecule has 0 radical (unpaired) electrons. The van der Waals surface area contributed by atoms with Gasteiger partial charge in [0.2, 0.25) is 5.91 Å². The zero-order chi connectivity index (χ0) is 12.8. The van der Waals surface area contributed by atoms with E-state index in [0.717, 1.165) is 12.4 Å². The minimum atomic E-state index is -0.321. The third kappa shape index (κ3) is 4.16. The van der Waals surface area contributed by atoms with Crippen LogP contribution in [0.4, 0.5) is 0 Å². The highest BCUT2D eigenvalue weighted by atomic mass is 16.1. The molecule has 96 valence electrons. The van der Waals surface area contributed by atoms with E-state index in [2.05, 4.69) is 10.3 Å². The Kier molecular flexibility index (Phi) is 5.11. The van der Waals surface area contributed by atoms with E-state index in [0.29, 0.717) is 13.1 Å². The summed E-state index contributed by atoms with van der Waals surface area (Å²) in [6.07, 6.45) is 3.66. The minimum absolute atomic E-state index is 0.315. The van der Waals surface area contributed by atoms with Crippen LogP contribution in [0.15, 0.2) is 12.4 Å². The Hall–Kier alpha value is -1.40. The van der Waals surface area contributed by atoms with Gasteiger partial charge in [-0.25, -0.2) is 4.98 Å². The number of nitrogens with one attached hydrogen (secondary N) is 1. The summed E-state index contributed by atoms with van der Waals surface area (Å²) in [7, 11) is 3.90. The number of rotatable bonds is 7. The number of carbonyl (C=O) groups excluding carboxylic acids is 1. The zero-order valence-corrected chi connectivity index (χ0v) is 10.7. The Labute approximate surface area is 102 Å². The molecule has 0 aliphatic carbocycles. The van der Waals surface area contributed by atoms with Crippen molar-refractivity contribution in [2.45, 2.75) is 19.5 Å². The van der Waals surface area contributed by atoms with Crippen LogP contribution >= 0.6 is 0 Å². The molecule has 0 saturated heterocycles. The van der Waals surface area contributed by atoms with Gasteiger partial charge < -0.3 is 15.6 Å². The molecule has 0 saturated carbocycles. The van der Waals surface area contributed by atoms with Gasteiger partial charge in [0.1, 0.15) is 5.82 Å². The number of primary amides is 1. The maximum absolute atomic E-state index is 11.2. The van der Waals surface area contributed by atoms with Crippen molar-refractivity contribution in [1.82, 2.24) is 19.8 Å². The van der Waals surface area contributed by atoms with Crippen molar-refractivity contribution in [1.29, 1.82) is 0 Å². The monoisotopic (exact) mass is 239 g/mol. The maximum atomic E-state index is 11.2. The first-order valence-electron chi connectivity index (χ1n) is 5.72. The smallest absolute Gasteiger partial charge is 0.235 e. The van der Waals surface area contributed by atoms with Crippen LogP contribution in [0.5, 0.6) is 0 Å². The van der Waals surface area contributed by atoms with Crippen LogP contribution in [0.3, 0.4) is 0 Å². The van der Waals surface area contributed by atoms with Crippen molar-refractivity contribution in [3.05, 3.63) is 18.2 Å². The number of hydrogen-bond donors (Lipinski definition) is 2. The van der Waals surface area contributed by atoms with Crippen LogP contribution in [0.1, 0.15) is 12.7 Å². The molecule has 1 aromatic heterocycles. The third-order valence-corrected chi connectivity index (χ3v) is 2.62. The van der Waals surface area contributed by atoms with Crippen LogP contribution in [-0.4, -0.2) is 46.5 Å². The Morgan fingerprint density at radius 1 is 1.71 bits per heavy atom. The van der Waals surface area contributed by atoms with Crippen LogP contribution < -0.4 is 11.1 Å². The van der Waals surface area contributed by atoms with Crippen molar-refractivity contribution < 1.29 is 4.79 Å². The minimum Gasteiger partial charge on any atom is -0.368 e. The topological polar surface area (TPSA) is 76.2 Å². The van der Waals surface area contributed by atoms with E-state index in [-0.39, 0.29) is 11.9 Å². The van der Waals surface area contributed by atoms with Gasteiger partial charge in [-0.05, 0) is 13.6 Å². The molecular weight excluding hydrogens is 218 g/mol. The molecule has 6 heteroatoms. The predicted octanol–water partition coefficient (Wildman–Crippen LogP) is -0.685. The largest absolute Gasteiger partial charge is 0.368 e. The lowest BCUT2D eigenvalue weighted by Gasteiger charge is -2.22. The van der Waals surface area contributed by atoms with Crippen molar-refractivity contribution in [2.24, 2.45) is 12.8 Å². The van der Waals surface area contributed by atoms with Gasteiger partial charge in [-0.15, -0.1) is 0 Å². The third-order valence-electron chi connectivity index (χ3n) is 2.62. The molecule has 0 fully saturated rings. The molecule has 0 aliphatic heterocycles. The molecule has 3 N–H and O–H groups in total. The molecule has 0 bridgehead atoms. The van der Waals surface area contributed by atoms with Gasteiger partial charge in [0.15, 0.2) is 0 Å². The first-order chi connectivity index (χ1) is 8.04. The van der Waals surface area contributed by atoms with E-state index in [4.69, 9.17) is 5.73 Å². The first kappa shape index (κ1) is 13.7. The van der Waals surface area contributed by atoms with Gasteiger partial charge in [0.05, 0.1) is 12.6 Å². The van der Waals surface area contributed by atoms with Crippen molar-refractivity contribution in [3.8, 4) is 0 Å². The van der Waals surface area contributed by atoms with E-state index in [1.165, 1.54) is 0 Å². The number of imidazole rings is 1. The fourth-order valence-corrected chi connectivity index (χ4v) is 1.67. The second-order valence-corrected chi connectivity index (χ2v) is 4.16. The molecule has 1 amide bonds. The lowest BCUT2D eigenvalue weighted by molar-refractivity contribution is -0.120. The van der Waals surface area contributed by atoms with E-state index in [9.17, 15) is 4.79 Å². The molecule has 1 aromatic rings. The lowest BCUT2D eigenvalue weighted by Crippen LogP contribution is -2.48. The quantitative estimate of drug-likeness (QED) is 0.661. The normalized spacial score (nSPS) is 12.9. The Bertz CT molecular complexity index is 362. The highest BCUT2D eigenvalue weighted by molar-refractivity contribution is 5.80. The standard InChI is InChI=1S/C11H21N5O/c1-4-13-9(11(12)17)7-15(2)8-10-14-5-6-16(10)3/h5-6,9,13H,4,7-8H2,1-3H3,(H2,12,17). The predicted molar refractivity (Wildman–Crippen MR) is 66.2 cm³/mol. The SMILES string of the molecule is CCNC(CN(C)Cc1nccn1C)C(N)=O. The molecule has 1 rings (SSSR count). The first-order valence-corrected chi connectivity index (χ1v) is 5.72. The van der Waals surface area contributed by atoms with E-state index < -0.39 is 0 Å². The van der Waals surface area contributed by atoms with E-state index in [1.54, 1.807) is 6.20 Å². The van der Waals surface area contributed by atoms with Crippen molar-refractivity contribution >= 4 is 5.91 Å². The second-order valence-electron chi connectivity index (χ2n) is 4.16. The molecule has 6 nitrogen and oxygen atoms in total. The summed E-state index contributed by atoms with van der Waals surface area (Å²) in [4.78, 5) is 17.5. The van der Waals surface area contributed by atoms with E-state index >= 15 is 0 Å². The van der Waals surface area contributed by atoms with Crippen LogP contribution in [-0.2, 0) is 18.4 Å². The Morgan fingerprint density at radius 2 is 2.41 bits per heavy atom. The summed E-state index contributed by atoms with van der Waals surface area (Å²) in [5.41, 5.74) is 5.33. The summed E-state index contributed by atoms with van der Waals surface area (Å²) in [6, 6.07) is -0.315. The molecule has 1 unspecified atom stereocenters. The zero-order valence-electron chi connectivity index (χ0n) is 10.7. The second kappa shape index (κ2) is 6.36. The summed E-state index contributed by atoms with van der Waals surface area (Å²) in [5.74, 6) is 0.644.